The number of nitrogens with one attached hydrogen (secondary N) is 1. The Morgan fingerprint density at radius 2 is 2.09 bits per heavy atom. The van der Waals surface area contributed by atoms with Gasteiger partial charge in [-0.25, -0.2) is 4.39 Å². The molecule has 11 heavy (non-hydrogen) atoms. The summed E-state index contributed by atoms with van der Waals surface area (Å²) in [6.07, 6.45) is 0. The molecular weight excluding hydrogens is 145 g/mol. The van der Waals surface area contributed by atoms with E-state index in [0.29, 0.717) is 5.56 Å². The molecule has 0 amide bonds. The zero-order valence-electron chi connectivity index (χ0n) is 5.76. The molecule has 0 fully saturated rings. The second-order valence-electron chi connectivity index (χ2n) is 2.15. The molecule has 3 nitrogen and oxygen atoms in total. The van der Waals surface area contributed by atoms with Crippen LogP contribution in [0.2, 0.25) is 0 Å². The fraction of sp³-hybridized carbons (Fsp3) is 0. The first-order valence-electron chi connectivity index (χ1n) is 3.00. The Labute approximate surface area is 63.3 Å². The molecule has 0 aromatic heterocycles. The number of nitrogens with two attached hydrogens (primary N) is 2. The quantitative estimate of drug-likeness (QED) is 0.315. The number of nitrogen functional groups attached to an aromatic ring is 2. The van der Waals surface area contributed by atoms with Crippen molar-refractivity contribution in [3.63, 3.8) is 0 Å². The van der Waals surface area contributed by atoms with Crippen molar-refractivity contribution in [2.24, 2.45) is 5.73 Å². The van der Waals surface area contributed by atoms with Gasteiger partial charge in [0.1, 0.15) is 11.7 Å². The number of hydrogen-bond donors (Lipinski definition) is 3. The molecule has 0 spiro atoms. The fourth-order valence-electron chi connectivity index (χ4n) is 0.695. The molecule has 1 rings (SSSR count). The molecule has 0 heterocycles. The lowest BCUT2D eigenvalue weighted by molar-refractivity contribution is 0.632. The summed E-state index contributed by atoms with van der Waals surface area (Å²) < 4.78 is 12.7. The summed E-state index contributed by atoms with van der Waals surface area (Å²) >= 11 is 0. The molecule has 0 atom stereocenters. The molecule has 0 saturated carbocycles. The Balaban J connectivity index is 3.15. The predicted molar refractivity (Wildman–Crippen MR) is 41.8 cm³/mol. The van der Waals surface area contributed by atoms with E-state index in [9.17, 15) is 4.39 Å². The third kappa shape index (κ3) is 1.46. The van der Waals surface area contributed by atoms with Gasteiger partial charge in [-0.1, -0.05) is 0 Å². The van der Waals surface area contributed by atoms with Crippen molar-refractivity contribution in [2.75, 3.05) is 5.73 Å². The molecule has 1 aromatic carbocycles. The molecule has 4 heteroatoms. The van der Waals surface area contributed by atoms with Crippen molar-refractivity contribution in [1.82, 2.24) is 0 Å². The molecule has 5 N–H and O–H groups in total. The number of hydrogen-bond acceptors (Lipinski definition) is 2. The van der Waals surface area contributed by atoms with Crippen LogP contribution in [0.1, 0.15) is 5.56 Å². The maximum atomic E-state index is 12.7. The molecule has 0 saturated heterocycles. The molecule has 0 bridgehead atoms. The number of anilines is 1. The smallest absolute Gasteiger partial charge is 0.146 e. The maximum Gasteiger partial charge on any atom is 0.146 e. The first kappa shape index (κ1) is 7.53. The second-order valence-corrected chi connectivity index (χ2v) is 2.15. The highest BCUT2D eigenvalue weighted by Crippen LogP contribution is 2.10. The molecule has 0 radical (unpaired) electrons. The highest BCUT2D eigenvalue weighted by molar-refractivity contribution is 5.95. The van der Waals surface area contributed by atoms with E-state index in [1.807, 2.05) is 0 Å². The first-order chi connectivity index (χ1) is 5.11. The third-order valence-corrected chi connectivity index (χ3v) is 1.31. The van der Waals surface area contributed by atoms with E-state index in [2.05, 4.69) is 0 Å². The van der Waals surface area contributed by atoms with E-state index >= 15 is 0 Å². The van der Waals surface area contributed by atoms with Gasteiger partial charge in [-0.05, 0) is 18.2 Å². The van der Waals surface area contributed by atoms with Crippen molar-refractivity contribution in [1.29, 1.82) is 5.41 Å². The minimum atomic E-state index is -0.544. The van der Waals surface area contributed by atoms with Gasteiger partial charge in [0.05, 0.1) is 5.69 Å². The number of halogens is 1. The summed E-state index contributed by atoms with van der Waals surface area (Å²) in [5.41, 5.74) is 10.7. The van der Waals surface area contributed by atoms with Crippen LogP contribution in [0, 0.1) is 11.2 Å². The van der Waals surface area contributed by atoms with Crippen LogP contribution in [0.4, 0.5) is 10.1 Å². The van der Waals surface area contributed by atoms with E-state index in [0.717, 1.165) is 6.07 Å². The van der Waals surface area contributed by atoms with Gasteiger partial charge >= 0.3 is 0 Å². The molecule has 0 aliphatic heterocycles. The highest BCUT2D eigenvalue weighted by Gasteiger charge is 2.00. The van der Waals surface area contributed by atoms with Gasteiger partial charge in [0.2, 0.25) is 0 Å². The molecule has 0 aliphatic rings. The average molecular weight is 153 g/mol. The van der Waals surface area contributed by atoms with Crippen molar-refractivity contribution in [3.8, 4) is 0 Å². The van der Waals surface area contributed by atoms with E-state index in [1.54, 1.807) is 0 Å². The molecular formula is C7H8FN3. The molecule has 58 valence electrons. The number of rotatable bonds is 1. The zero-order chi connectivity index (χ0) is 8.43. The van der Waals surface area contributed by atoms with Crippen molar-refractivity contribution < 1.29 is 4.39 Å². The molecule has 0 unspecified atom stereocenters. The fourth-order valence-corrected chi connectivity index (χ4v) is 0.695. The van der Waals surface area contributed by atoms with Crippen molar-refractivity contribution >= 4 is 11.5 Å². The standard InChI is InChI=1S/C7H8FN3/c8-5-3-4(7(10)11)1-2-6(5)9/h1-3H,9H2,(H3,10,11). The zero-order valence-corrected chi connectivity index (χ0v) is 5.76. The summed E-state index contributed by atoms with van der Waals surface area (Å²) in [6, 6.07) is 4.02. The van der Waals surface area contributed by atoms with E-state index in [4.69, 9.17) is 16.9 Å². The Morgan fingerprint density at radius 3 is 2.55 bits per heavy atom. The lowest BCUT2D eigenvalue weighted by Gasteiger charge is -1.99. The van der Waals surface area contributed by atoms with Crippen LogP contribution in [0.25, 0.3) is 0 Å². The van der Waals surface area contributed by atoms with Crippen LogP contribution in [-0.2, 0) is 0 Å². The monoisotopic (exact) mass is 153 g/mol. The van der Waals surface area contributed by atoms with Gasteiger partial charge in [-0.15, -0.1) is 0 Å². The first-order valence-corrected chi connectivity index (χ1v) is 3.00. The van der Waals surface area contributed by atoms with Gasteiger partial charge in [0.15, 0.2) is 0 Å². The average Bonchev–Trinajstić information content (AvgIpc) is 1.94. The lowest BCUT2D eigenvalue weighted by atomic mass is 10.2. The van der Waals surface area contributed by atoms with Crippen LogP contribution in [-0.4, -0.2) is 5.84 Å². The predicted octanol–water partition coefficient (Wildman–Crippen LogP) is 0.692. The number of benzene rings is 1. The van der Waals surface area contributed by atoms with Gasteiger partial charge in [0.25, 0.3) is 0 Å². The van der Waals surface area contributed by atoms with Gasteiger partial charge in [-0.3, -0.25) is 5.41 Å². The summed E-state index contributed by atoms with van der Waals surface area (Å²) in [5.74, 6) is -0.707. The highest BCUT2D eigenvalue weighted by atomic mass is 19.1. The maximum absolute atomic E-state index is 12.7. The Kier molecular flexibility index (Phi) is 1.76. The van der Waals surface area contributed by atoms with Gasteiger partial charge in [0, 0.05) is 5.56 Å². The van der Waals surface area contributed by atoms with E-state index < -0.39 is 5.82 Å². The molecule has 0 aliphatic carbocycles. The molecule has 1 aromatic rings. The second kappa shape index (κ2) is 2.57. The van der Waals surface area contributed by atoms with Crippen molar-refractivity contribution in [2.45, 2.75) is 0 Å². The third-order valence-electron chi connectivity index (χ3n) is 1.31. The minimum Gasteiger partial charge on any atom is -0.396 e. The van der Waals surface area contributed by atoms with E-state index in [1.165, 1.54) is 12.1 Å². The van der Waals surface area contributed by atoms with Crippen LogP contribution in [0.5, 0.6) is 0 Å². The Morgan fingerprint density at radius 1 is 1.45 bits per heavy atom. The minimum absolute atomic E-state index is 0.0648. The van der Waals surface area contributed by atoms with Crippen LogP contribution in [0.3, 0.4) is 0 Å². The van der Waals surface area contributed by atoms with Gasteiger partial charge < -0.3 is 11.5 Å². The van der Waals surface area contributed by atoms with Crippen LogP contribution in [0.15, 0.2) is 18.2 Å². The Bertz CT molecular complexity index is 296. The summed E-state index contributed by atoms with van der Waals surface area (Å²) in [7, 11) is 0. The normalized spacial score (nSPS) is 9.55. The van der Waals surface area contributed by atoms with E-state index in [-0.39, 0.29) is 11.5 Å². The summed E-state index contributed by atoms with van der Waals surface area (Å²) in [5, 5.41) is 6.97. The van der Waals surface area contributed by atoms with Crippen LogP contribution >= 0.6 is 0 Å². The summed E-state index contributed by atoms with van der Waals surface area (Å²) in [6.45, 7) is 0. The largest absolute Gasteiger partial charge is 0.396 e. The van der Waals surface area contributed by atoms with Crippen LogP contribution < -0.4 is 11.5 Å². The Hall–Kier alpha value is -1.58. The SMILES string of the molecule is N=C(N)c1ccc(N)c(F)c1. The lowest BCUT2D eigenvalue weighted by Crippen LogP contribution is -2.11. The summed E-state index contributed by atoms with van der Waals surface area (Å²) in [4.78, 5) is 0. The van der Waals surface area contributed by atoms with Crippen molar-refractivity contribution in [3.05, 3.63) is 29.6 Å². The van der Waals surface area contributed by atoms with Gasteiger partial charge in [-0.2, -0.15) is 0 Å². The number of amidine groups is 1. The topological polar surface area (TPSA) is 75.9 Å².